The molecule has 0 aliphatic heterocycles. The van der Waals surface area contributed by atoms with E-state index in [2.05, 4.69) is 37.2 Å². The standard InChI is InChI=1S/C19H20BrFN4O3/c1-12-8-14(20)4-7-16(12)25-18(27)11-22-17(26)10-24-19(28)23-9-13-2-5-15(21)6-3-13/h2-8H,9-11H2,1H3,(H,22,26)(H,25,27)(H2,23,24,28). The third kappa shape index (κ3) is 7.36. The van der Waals surface area contributed by atoms with E-state index in [1.165, 1.54) is 12.1 Å². The van der Waals surface area contributed by atoms with Crippen molar-refractivity contribution in [2.24, 2.45) is 0 Å². The monoisotopic (exact) mass is 450 g/mol. The first-order valence-electron chi connectivity index (χ1n) is 8.42. The number of anilines is 1. The fraction of sp³-hybridized carbons (Fsp3) is 0.211. The molecular weight excluding hydrogens is 431 g/mol. The molecule has 0 spiro atoms. The molecule has 0 aliphatic carbocycles. The van der Waals surface area contributed by atoms with E-state index in [4.69, 9.17) is 0 Å². The van der Waals surface area contributed by atoms with Crippen LogP contribution >= 0.6 is 15.9 Å². The second-order valence-electron chi connectivity index (χ2n) is 5.95. The zero-order chi connectivity index (χ0) is 20.5. The van der Waals surface area contributed by atoms with Crippen LogP contribution in [0.1, 0.15) is 11.1 Å². The molecule has 7 nitrogen and oxygen atoms in total. The first-order valence-corrected chi connectivity index (χ1v) is 9.21. The molecule has 28 heavy (non-hydrogen) atoms. The Morgan fingerprint density at radius 3 is 2.29 bits per heavy atom. The Morgan fingerprint density at radius 2 is 1.61 bits per heavy atom. The van der Waals surface area contributed by atoms with Crippen molar-refractivity contribution in [2.45, 2.75) is 13.5 Å². The zero-order valence-electron chi connectivity index (χ0n) is 15.1. The van der Waals surface area contributed by atoms with E-state index < -0.39 is 11.9 Å². The summed E-state index contributed by atoms with van der Waals surface area (Å²) in [5.74, 6) is -1.23. The van der Waals surface area contributed by atoms with E-state index in [0.717, 1.165) is 15.6 Å². The van der Waals surface area contributed by atoms with Crippen LogP contribution in [0.15, 0.2) is 46.9 Å². The highest BCUT2D eigenvalue weighted by Crippen LogP contribution is 2.19. The smallest absolute Gasteiger partial charge is 0.315 e. The lowest BCUT2D eigenvalue weighted by molar-refractivity contribution is -0.123. The lowest BCUT2D eigenvalue weighted by Crippen LogP contribution is -2.43. The summed E-state index contributed by atoms with van der Waals surface area (Å²) in [5, 5.41) is 10.0. The van der Waals surface area contributed by atoms with Gasteiger partial charge >= 0.3 is 6.03 Å². The fourth-order valence-corrected chi connectivity index (χ4v) is 2.69. The molecule has 0 unspecified atom stereocenters. The highest BCUT2D eigenvalue weighted by Gasteiger charge is 2.09. The minimum Gasteiger partial charge on any atom is -0.345 e. The van der Waals surface area contributed by atoms with Crippen LogP contribution in [-0.4, -0.2) is 30.9 Å². The summed E-state index contributed by atoms with van der Waals surface area (Å²) in [6, 6.07) is 10.6. The van der Waals surface area contributed by atoms with E-state index in [9.17, 15) is 18.8 Å². The van der Waals surface area contributed by atoms with Crippen molar-refractivity contribution in [2.75, 3.05) is 18.4 Å². The summed E-state index contributed by atoms with van der Waals surface area (Å²) in [6.45, 7) is 1.56. The summed E-state index contributed by atoms with van der Waals surface area (Å²) in [4.78, 5) is 35.3. The summed E-state index contributed by atoms with van der Waals surface area (Å²) < 4.78 is 13.7. The highest BCUT2D eigenvalue weighted by molar-refractivity contribution is 9.10. The molecule has 0 saturated heterocycles. The second kappa shape index (κ2) is 10.4. The molecule has 0 radical (unpaired) electrons. The van der Waals surface area contributed by atoms with Gasteiger partial charge in [-0.15, -0.1) is 0 Å². The Labute approximate surface area is 170 Å². The van der Waals surface area contributed by atoms with Gasteiger partial charge in [0.15, 0.2) is 0 Å². The molecule has 0 heterocycles. The zero-order valence-corrected chi connectivity index (χ0v) is 16.7. The molecule has 0 aromatic heterocycles. The van der Waals surface area contributed by atoms with E-state index in [-0.39, 0.29) is 31.4 Å². The maximum atomic E-state index is 12.8. The summed E-state index contributed by atoms with van der Waals surface area (Å²) in [7, 11) is 0. The Hall–Kier alpha value is -2.94. The van der Waals surface area contributed by atoms with Crippen LogP contribution in [0.2, 0.25) is 0 Å². The molecule has 2 rings (SSSR count). The normalized spacial score (nSPS) is 10.1. The molecule has 0 aliphatic rings. The average molecular weight is 451 g/mol. The Morgan fingerprint density at radius 1 is 0.929 bits per heavy atom. The Bertz CT molecular complexity index is 859. The summed E-state index contributed by atoms with van der Waals surface area (Å²) in [5.41, 5.74) is 2.26. The number of hydrogen-bond acceptors (Lipinski definition) is 3. The molecule has 4 amide bonds. The lowest BCUT2D eigenvalue weighted by Gasteiger charge is -2.10. The van der Waals surface area contributed by atoms with Crippen LogP contribution < -0.4 is 21.3 Å². The van der Waals surface area contributed by atoms with Crippen molar-refractivity contribution in [3.63, 3.8) is 0 Å². The van der Waals surface area contributed by atoms with Crippen LogP contribution in [-0.2, 0) is 16.1 Å². The van der Waals surface area contributed by atoms with Crippen LogP contribution in [0.3, 0.4) is 0 Å². The highest BCUT2D eigenvalue weighted by atomic mass is 79.9. The van der Waals surface area contributed by atoms with Crippen molar-refractivity contribution >= 4 is 39.5 Å². The Kier molecular flexibility index (Phi) is 7.94. The van der Waals surface area contributed by atoms with Gasteiger partial charge in [0, 0.05) is 16.7 Å². The first-order chi connectivity index (χ1) is 13.3. The van der Waals surface area contributed by atoms with Crippen LogP contribution in [0.4, 0.5) is 14.9 Å². The topological polar surface area (TPSA) is 99.3 Å². The van der Waals surface area contributed by atoms with E-state index in [1.807, 2.05) is 13.0 Å². The average Bonchev–Trinajstić information content (AvgIpc) is 2.66. The molecule has 2 aromatic carbocycles. The van der Waals surface area contributed by atoms with Gasteiger partial charge < -0.3 is 21.3 Å². The van der Waals surface area contributed by atoms with E-state index in [0.29, 0.717) is 5.69 Å². The number of carbonyl (C=O) groups is 3. The predicted molar refractivity (Wildman–Crippen MR) is 107 cm³/mol. The third-order valence-corrected chi connectivity index (χ3v) is 4.18. The van der Waals surface area contributed by atoms with Gasteiger partial charge in [-0.3, -0.25) is 9.59 Å². The fourth-order valence-electron chi connectivity index (χ4n) is 2.21. The first kappa shape index (κ1) is 21.4. The molecule has 9 heteroatoms. The number of aryl methyl sites for hydroxylation is 1. The third-order valence-electron chi connectivity index (χ3n) is 3.68. The molecule has 4 N–H and O–H groups in total. The van der Waals surface area contributed by atoms with Crippen molar-refractivity contribution in [3.05, 3.63) is 63.9 Å². The number of rotatable bonds is 7. The number of benzene rings is 2. The molecule has 0 saturated carbocycles. The quantitative estimate of drug-likeness (QED) is 0.521. The van der Waals surface area contributed by atoms with Crippen molar-refractivity contribution in [1.29, 1.82) is 0 Å². The number of halogens is 2. The van der Waals surface area contributed by atoms with Crippen molar-refractivity contribution in [1.82, 2.24) is 16.0 Å². The molecule has 148 valence electrons. The molecule has 0 fully saturated rings. The van der Waals surface area contributed by atoms with Crippen LogP contribution in [0.5, 0.6) is 0 Å². The van der Waals surface area contributed by atoms with Crippen molar-refractivity contribution < 1.29 is 18.8 Å². The number of urea groups is 1. The predicted octanol–water partition coefficient (Wildman–Crippen LogP) is 2.45. The van der Waals surface area contributed by atoms with Gasteiger partial charge in [0.25, 0.3) is 0 Å². The number of amides is 4. The van der Waals surface area contributed by atoms with Crippen LogP contribution in [0.25, 0.3) is 0 Å². The number of nitrogens with one attached hydrogen (secondary N) is 4. The minimum atomic E-state index is -0.547. The van der Waals surface area contributed by atoms with Gasteiger partial charge in [-0.05, 0) is 48.4 Å². The van der Waals surface area contributed by atoms with E-state index >= 15 is 0 Å². The van der Waals surface area contributed by atoms with Gasteiger partial charge in [-0.25, -0.2) is 9.18 Å². The Balaban J connectivity index is 1.65. The number of carbonyl (C=O) groups excluding carboxylic acids is 3. The van der Waals surface area contributed by atoms with Gasteiger partial charge in [0.2, 0.25) is 11.8 Å². The maximum absolute atomic E-state index is 12.8. The maximum Gasteiger partial charge on any atom is 0.315 e. The molecule has 2 aromatic rings. The lowest BCUT2D eigenvalue weighted by atomic mass is 10.2. The van der Waals surface area contributed by atoms with Gasteiger partial charge in [-0.2, -0.15) is 0 Å². The minimum absolute atomic E-state index is 0.197. The van der Waals surface area contributed by atoms with Crippen LogP contribution in [0, 0.1) is 12.7 Å². The number of hydrogen-bond donors (Lipinski definition) is 4. The SMILES string of the molecule is Cc1cc(Br)ccc1NC(=O)CNC(=O)CNC(=O)NCc1ccc(F)cc1. The largest absolute Gasteiger partial charge is 0.345 e. The molecule has 0 atom stereocenters. The summed E-state index contributed by atoms with van der Waals surface area (Å²) >= 11 is 3.34. The molecular formula is C19H20BrFN4O3. The van der Waals surface area contributed by atoms with Gasteiger partial charge in [0.1, 0.15) is 5.82 Å². The van der Waals surface area contributed by atoms with Crippen molar-refractivity contribution in [3.8, 4) is 0 Å². The van der Waals surface area contributed by atoms with E-state index in [1.54, 1.807) is 24.3 Å². The molecule has 0 bridgehead atoms. The van der Waals surface area contributed by atoms with Gasteiger partial charge in [-0.1, -0.05) is 28.1 Å². The summed E-state index contributed by atoms with van der Waals surface area (Å²) in [6.07, 6.45) is 0. The second-order valence-corrected chi connectivity index (χ2v) is 6.86. The van der Waals surface area contributed by atoms with Gasteiger partial charge in [0.05, 0.1) is 13.1 Å².